The number of rotatable bonds is 3. The molecule has 0 aliphatic heterocycles. The summed E-state index contributed by atoms with van der Waals surface area (Å²) < 4.78 is 5.25. The van der Waals surface area contributed by atoms with E-state index in [2.05, 4.69) is 4.98 Å². The number of pyridine rings is 1. The summed E-state index contributed by atoms with van der Waals surface area (Å²) in [6.07, 6.45) is 0.790. The number of nitrogen functional groups attached to an aromatic ring is 1. The standard InChI is InChI=1S/C14H16N2O2/c1-9-7-8-16-14(15)12(9)13(17)10-5-3-4-6-11(10)18-2/h3-8,13,17H,1-2H3,(H2,15,16). The van der Waals surface area contributed by atoms with E-state index in [1.54, 1.807) is 19.4 Å². The summed E-state index contributed by atoms with van der Waals surface area (Å²) in [7, 11) is 1.57. The first-order valence-electron chi connectivity index (χ1n) is 5.67. The Labute approximate surface area is 106 Å². The fourth-order valence-electron chi connectivity index (χ4n) is 1.99. The van der Waals surface area contributed by atoms with Gasteiger partial charge in [-0.2, -0.15) is 0 Å². The number of nitrogens with two attached hydrogens (primary N) is 1. The second-order valence-corrected chi connectivity index (χ2v) is 4.07. The topological polar surface area (TPSA) is 68.4 Å². The van der Waals surface area contributed by atoms with E-state index in [4.69, 9.17) is 10.5 Å². The van der Waals surface area contributed by atoms with E-state index in [0.717, 1.165) is 5.56 Å². The van der Waals surface area contributed by atoms with Crippen LogP contribution in [0.5, 0.6) is 5.75 Å². The van der Waals surface area contributed by atoms with Crippen molar-refractivity contribution in [1.29, 1.82) is 0 Å². The van der Waals surface area contributed by atoms with E-state index in [1.165, 1.54) is 0 Å². The molecule has 18 heavy (non-hydrogen) atoms. The third kappa shape index (κ3) is 2.15. The number of aromatic nitrogens is 1. The molecular formula is C14H16N2O2. The lowest BCUT2D eigenvalue weighted by Crippen LogP contribution is -2.08. The molecule has 0 radical (unpaired) electrons. The highest BCUT2D eigenvalue weighted by molar-refractivity contribution is 5.51. The van der Waals surface area contributed by atoms with Crippen LogP contribution in [0.1, 0.15) is 22.8 Å². The molecular weight excluding hydrogens is 228 g/mol. The van der Waals surface area contributed by atoms with Crippen LogP contribution in [0.4, 0.5) is 5.82 Å². The smallest absolute Gasteiger partial charge is 0.129 e. The molecule has 1 aromatic carbocycles. The second-order valence-electron chi connectivity index (χ2n) is 4.07. The number of anilines is 1. The van der Waals surface area contributed by atoms with Gasteiger partial charge < -0.3 is 15.6 Å². The van der Waals surface area contributed by atoms with E-state index < -0.39 is 6.10 Å². The van der Waals surface area contributed by atoms with Crippen molar-refractivity contribution >= 4 is 5.82 Å². The summed E-state index contributed by atoms with van der Waals surface area (Å²) in [6, 6.07) is 9.15. The summed E-state index contributed by atoms with van der Waals surface area (Å²) >= 11 is 0. The lowest BCUT2D eigenvalue weighted by molar-refractivity contribution is 0.214. The number of aliphatic hydroxyl groups excluding tert-OH is 1. The SMILES string of the molecule is COc1ccccc1C(O)c1c(C)ccnc1N. The highest BCUT2D eigenvalue weighted by Gasteiger charge is 2.19. The third-order valence-electron chi connectivity index (χ3n) is 2.95. The van der Waals surface area contributed by atoms with E-state index in [0.29, 0.717) is 22.7 Å². The average Bonchev–Trinajstić information content (AvgIpc) is 2.38. The van der Waals surface area contributed by atoms with Gasteiger partial charge >= 0.3 is 0 Å². The molecule has 3 N–H and O–H groups in total. The van der Waals surface area contributed by atoms with E-state index >= 15 is 0 Å². The predicted molar refractivity (Wildman–Crippen MR) is 70.4 cm³/mol. The number of hydrogen-bond acceptors (Lipinski definition) is 4. The number of para-hydroxylation sites is 1. The van der Waals surface area contributed by atoms with Crippen LogP contribution < -0.4 is 10.5 Å². The van der Waals surface area contributed by atoms with Crippen molar-refractivity contribution in [2.75, 3.05) is 12.8 Å². The molecule has 4 heteroatoms. The molecule has 0 aliphatic carbocycles. The molecule has 94 valence electrons. The lowest BCUT2D eigenvalue weighted by Gasteiger charge is -2.18. The van der Waals surface area contributed by atoms with Crippen molar-refractivity contribution in [2.45, 2.75) is 13.0 Å². The number of nitrogens with zero attached hydrogens (tertiary/aromatic N) is 1. The van der Waals surface area contributed by atoms with Crippen molar-refractivity contribution in [3.05, 3.63) is 53.2 Å². The van der Waals surface area contributed by atoms with Crippen molar-refractivity contribution < 1.29 is 9.84 Å². The number of aliphatic hydroxyl groups is 1. The maximum atomic E-state index is 10.5. The number of aryl methyl sites for hydroxylation is 1. The van der Waals surface area contributed by atoms with Crippen LogP contribution >= 0.6 is 0 Å². The molecule has 0 fully saturated rings. The maximum Gasteiger partial charge on any atom is 0.129 e. The summed E-state index contributed by atoms with van der Waals surface area (Å²) in [4.78, 5) is 4.02. The van der Waals surface area contributed by atoms with E-state index in [1.807, 2.05) is 31.2 Å². The van der Waals surface area contributed by atoms with E-state index in [9.17, 15) is 5.11 Å². The molecule has 0 saturated heterocycles. The van der Waals surface area contributed by atoms with Crippen LogP contribution in [0.2, 0.25) is 0 Å². The van der Waals surface area contributed by atoms with Crippen LogP contribution in [-0.2, 0) is 0 Å². The molecule has 1 unspecified atom stereocenters. The second kappa shape index (κ2) is 5.06. The van der Waals surface area contributed by atoms with Crippen LogP contribution in [0.15, 0.2) is 36.5 Å². The Morgan fingerprint density at radius 1 is 1.28 bits per heavy atom. The van der Waals surface area contributed by atoms with Crippen molar-refractivity contribution in [3.63, 3.8) is 0 Å². The van der Waals surface area contributed by atoms with Crippen LogP contribution in [0.3, 0.4) is 0 Å². The summed E-state index contributed by atoms with van der Waals surface area (Å²) in [5.74, 6) is 0.973. The first-order valence-corrected chi connectivity index (χ1v) is 5.67. The number of benzene rings is 1. The summed E-state index contributed by atoms with van der Waals surface area (Å²) in [5.41, 5.74) is 8.05. The molecule has 0 amide bonds. The zero-order valence-corrected chi connectivity index (χ0v) is 10.4. The van der Waals surface area contributed by atoms with Gasteiger partial charge in [0.15, 0.2) is 0 Å². The van der Waals surface area contributed by atoms with Gasteiger partial charge in [-0.1, -0.05) is 18.2 Å². The van der Waals surface area contributed by atoms with Crippen LogP contribution in [-0.4, -0.2) is 17.2 Å². The van der Waals surface area contributed by atoms with Gasteiger partial charge in [-0.25, -0.2) is 4.98 Å². The Morgan fingerprint density at radius 2 is 2.00 bits per heavy atom. The van der Waals surface area contributed by atoms with Gasteiger partial charge in [0.05, 0.1) is 7.11 Å². The molecule has 2 aromatic rings. The Balaban J connectivity index is 2.51. The Kier molecular flexibility index (Phi) is 3.48. The number of ether oxygens (including phenoxy) is 1. The van der Waals surface area contributed by atoms with Crippen molar-refractivity contribution in [1.82, 2.24) is 4.98 Å². The highest BCUT2D eigenvalue weighted by Crippen LogP contribution is 2.33. The van der Waals surface area contributed by atoms with Crippen molar-refractivity contribution in [2.24, 2.45) is 0 Å². The van der Waals surface area contributed by atoms with Crippen LogP contribution in [0.25, 0.3) is 0 Å². The first-order chi connectivity index (χ1) is 8.65. The third-order valence-corrected chi connectivity index (χ3v) is 2.95. The lowest BCUT2D eigenvalue weighted by atomic mass is 9.97. The van der Waals surface area contributed by atoms with Crippen LogP contribution in [0, 0.1) is 6.92 Å². The Bertz CT molecular complexity index is 535. The minimum atomic E-state index is -0.838. The van der Waals surface area contributed by atoms with Gasteiger partial charge in [-0.05, 0) is 24.6 Å². The average molecular weight is 244 g/mol. The van der Waals surface area contributed by atoms with Crippen molar-refractivity contribution in [3.8, 4) is 5.75 Å². The Morgan fingerprint density at radius 3 is 2.67 bits per heavy atom. The van der Waals surface area contributed by atoms with Gasteiger partial charge in [0.1, 0.15) is 17.7 Å². The van der Waals surface area contributed by atoms with Gasteiger partial charge in [0.2, 0.25) is 0 Å². The highest BCUT2D eigenvalue weighted by atomic mass is 16.5. The van der Waals surface area contributed by atoms with Gasteiger partial charge in [-0.15, -0.1) is 0 Å². The molecule has 1 aromatic heterocycles. The predicted octanol–water partition coefficient (Wildman–Crippen LogP) is 2.06. The largest absolute Gasteiger partial charge is 0.496 e. The van der Waals surface area contributed by atoms with Gasteiger partial charge in [-0.3, -0.25) is 0 Å². The number of hydrogen-bond donors (Lipinski definition) is 2. The normalized spacial score (nSPS) is 12.2. The fourth-order valence-corrected chi connectivity index (χ4v) is 1.99. The van der Waals surface area contributed by atoms with Gasteiger partial charge in [0.25, 0.3) is 0 Å². The minimum absolute atomic E-state index is 0.341. The summed E-state index contributed by atoms with van der Waals surface area (Å²) in [5, 5.41) is 10.5. The Hall–Kier alpha value is -2.07. The zero-order valence-electron chi connectivity index (χ0n) is 10.4. The maximum absolute atomic E-state index is 10.5. The molecule has 0 saturated carbocycles. The molecule has 0 spiro atoms. The fraction of sp³-hybridized carbons (Fsp3) is 0.214. The van der Waals surface area contributed by atoms with Gasteiger partial charge in [0, 0.05) is 17.3 Å². The molecule has 1 heterocycles. The molecule has 4 nitrogen and oxygen atoms in total. The quantitative estimate of drug-likeness (QED) is 0.867. The van der Waals surface area contributed by atoms with E-state index in [-0.39, 0.29) is 0 Å². The molecule has 1 atom stereocenters. The summed E-state index contributed by atoms with van der Waals surface area (Å²) in [6.45, 7) is 1.89. The first kappa shape index (κ1) is 12.4. The zero-order chi connectivity index (χ0) is 13.1. The number of methoxy groups -OCH3 is 1. The minimum Gasteiger partial charge on any atom is -0.496 e. The molecule has 0 bridgehead atoms. The molecule has 0 aliphatic rings. The molecule has 2 rings (SSSR count). The monoisotopic (exact) mass is 244 g/mol.